The Hall–Kier alpha value is -2.34. The summed E-state index contributed by atoms with van der Waals surface area (Å²) in [5, 5.41) is 8.30. The van der Waals surface area contributed by atoms with Crippen LogP contribution >= 0.6 is 0 Å². The SMILES string of the molecule is Cc1cccc(N=Nc2ccccc2)c1.O=S(=O)=O. The number of nitrogens with zero attached hydrogens (tertiary/aromatic N) is 2. The van der Waals surface area contributed by atoms with Crippen molar-refractivity contribution < 1.29 is 12.6 Å². The van der Waals surface area contributed by atoms with Crippen LogP contribution in [-0.4, -0.2) is 12.6 Å². The summed E-state index contributed by atoms with van der Waals surface area (Å²) in [6, 6.07) is 17.7. The van der Waals surface area contributed by atoms with Gasteiger partial charge in [-0.25, -0.2) is 0 Å². The molecule has 0 fully saturated rings. The quantitative estimate of drug-likeness (QED) is 0.789. The van der Waals surface area contributed by atoms with Crippen LogP contribution in [0.1, 0.15) is 5.56 Å². The maximum Gasteiger partial charge on any atom is 0.425 e. The van der Waals surface area contributed by atoms with Crippen molar-refractivity contribution in [3.8, 4) is 0 Å². The molecule has 0 aromatic heterocycles. The van der Waals surface area contributed by atoms with Crippen LogP contribution < -0.4 is 0 Å². The molecule has 0 aliphatic heterocycles. The highest BCUT2D eigenvalue weighted by atomic mass is 32.2. The first kappa shape index (κ1) is 14.7. The highest BCUT2D eigenvalue weighted by Gasteiger charge is 1.89. The van der Waals surface area contributed by atoms with E-state index in [1.807, 2.05) is 61.5 Å². The van der Waals surface area contributed by atoms with Gasteiger partial charge in [0.2, 0.25) is 0 Å². The van der Waals surface area contributed by atoms with Gasteiger partial charge < -0.3 is 0 Å². The van der Waals surface area contributed by atoms with Crippen molar-refractivity contribution in [1.82, 2.24) is 0 Å². The molecule has 19 heavy (non-hydrogen) atoms. The summed E-state index contributed by atoms with van der Waals surface area (Å²) in [6.07, 6.45) is 0. The molecule has 98 valence electrons. The first-order chi connectivity index (χ1) is 9.08. The van der Waals surface area contributed by atoms with Gasteiger partial charge in [0, 0.05) is 0 Å². The normalized spacial score (nSPS) is 9.74. The summed E-state index contributed by atoms with van der Waals surface area (Å²) in [7, 11) is -3.11. The molecule has 0 radical (unpaired) electrons. The van der Waals surface area contributed by atoms with E-state index in [2.05, 4.69) is 10.2 Å². The molecule has 0 spiro atoms. The van der Waals surface area contributed by atoms with Crippen LogP contribution in [0, 0.1) is 6.92 Å². The minimum absolute atomic E-state index is 0.874. The number of azo groups is 1. The topological polar surface area (TPSA) is 75.9 Å². The Labute approximate surface area is 112 Å². The molecule has 0 N–H and O–H groups in total. The van der Waals surface area contributed by atoms with E-state index in [4.69, 9.17) is 12.6 Å². The summed E-state index contributed by atoms with van der Waals surface area (Å²) >= 11 is 0. The van der Waals surface area contributed by atoms with Gasteiger partial charge in [0.1, 0.15) is 0 Å². The Morgan fingerprint density at radius 2 is 1.32 bits per heavy atom. The van der Waals surface area contributed by atoms with Gasteiger partial charge in [-0.05, 0) is 36.8 Å². The molecule has 0 aliphatic rings. The van der Waals surface area contributed by atoms with E-state index in [-0.39, 0.29) is 0 Å². The molecule has 5 nitrogen and oxygen atoms in total. The fourth-order valence-electron chi connectivity index (χ4n) is 1.30. The van der Waals surface area contributed by atoms with Crippen LogP contribution in [0.2, 0.25) is 0 Å². The number of benzene rings is 2. The minimum atomic E-state index is -3.11. The molecular weight excluding hydrogens is 264 g/mol. The molecular formula is C13H12N2O3S. The zero-order valence-corrected chi connectivity index (χ0v) is 11.0. The van der Waals surface area contributed by atoms with Crippen LogP contribution in [0.3, 0.4) is 0 Å². The Bertz CT molecular complexity index is 646. The molecule has 0 bridgehead atoms. The lowest BCUT2D eigenvalue weighted by Crippen LogP contribution is -1.68. The second-order valence-corrected chi connectivity index (χ2v) is 3.99. The maximum absolute atomic E-state index is 8.44. The molecule has 2 aromatic rings. The van der Waals surface area contributed by atoms with Crippen molar-refractivity contribution in [3.63, 3.8) is 0 Å². The lowest BCUT2D eigenvalue weighted by atomic mass is 10.2. The van der Waals surface area contributed by atoms with Crippen molar-refractivity contribution >= 4 is 22.0 Å². The zero-order chi connectivity index (χ0) is 14.1. The van der Waals surface area contributed by atoms with E-state index in [1.54, 1.807) is 0 Å². The lowest BCUT2D eigenvalue weighted by molar-refractivity contribution is 0.559. The van der Waals surface area contributed by atoms with Crippen molar-refractivity contribution in [1.29, 1.82) is 0 Å². The smallest absolute Gasteiger partial charge is 0.151 e. The van der Waals surface area contributed by atoms with E-state index in [9.17, 15) is 0 Å². The lowest BCUT2D eigenvalue weighted by Gasteiger charge is -1.94. The van der Waals surface area contributed by atoms with Crippen molar-refractivity contribution in [2.24, 2.45) is 10.2 Å². The van der Waals surface area contributed by atoms with Gasteiger partial charge >= 0.3 is 10.6 Å². The third kappa shape index (κ3) is 6.85. The molecule has 0 amide bonds. The van der Waals surface area contributed by atoms with Crippen LogP contribution in [0.5, 0.6) is 0 Å². The van der Waals surface area contributed by atoms with E-state index >= 15 is 0 Å². The molecule has 0 atom stereocenters. The first-order valence-corrected chi connectivity index (χ1v) is 6.38. The monoisotopic (exact) mass is 276 g/mol. The van der Waals surface area contributed by atoms with Gasteiger partial charge in [-0.15, -0.1) is 12.6 Å². The van der Waals surface area contributed by atoms with Gasteiger partial charge in [-0.1, -0.05) is 30.3 Å². The number of hydrogen-bond donors (Lipinski definition) is 0. The van der Waals surface area contributed by atoms with Gasteiger partial charge in [0.05, 0.1) is 11.4 Å². The third-order valence-corrected chi connectivity index (χ3v) is 2.04. The summed E-state index contributed by atoms with van der Waals surface area (Å²) in [5.74, 6) is 0. The van der Waals surface area contributed by atoms with Crippen LogP contribution in [0.25, 0.3) is 0 Å². The molecule has 2 rings (SSSR count). The molecule has 0 unspecified atom stereocenters. The average molecular weight is 276 g/mol. The summed E-state index contributed by atoms with van der Waals surface area (Å²) in [5.41, 5.74) is 2.96. The van der Waals surface area contributed by atoms with Crippen LogP contribution in [0.4, 0.5) is 11.4 Å². The molecule has 6 heteroatoms. The second-order valence-electron chi connectivity index (χ2n) is 3.58. The van der Waals surface area contributed by atoms with Crippen LogP contribution in [-0.2, 0) is 10.6 Å². The van der Waals surface area contributed by atoms with Gasteiger partial charge in [0.15, 0.2) is 0 Å². The highest BCUT2D eigenvalue weighted by Crippen LogP contribution is 2.18. The van der Waals surface area contributed by atoms with E-state index in [1.165, 1.54) is 5.56 Å². The predicted octanol–water partition coefficient (Wildman–Crippen LogP) is 3.41. The molecule has 0 saturated carbocycles. The Balaban J connectivity index is 0.000000399. The maximum atomic E-state index is 8.44. The van der Waals surface area contributed by atoms with Gasteiger partial charge in [-0.3, -0.25) is 0 Å². The average Bonchev–Trinajstić information content (AvgIpc) is 2.37. The predicted molar refractivity (Wildman–Crippen MR) is 71.5 cm³/mol. The molecule has 0 heterocycles. The fraction of sp³-hybridized carbons (Fsp3) is 0.0769. The second kappa shape index (κ2) is 7.88. The zero-order valence-electron chi connectivity index (χ0n) is 10.2. The molecule has 2 aromatic carbocycles. The Morgan fingerprint density at radius 3 is 1.89 bits per heavy atom. The third-order valence-electron chi connectivity index (χ3n) is 2.04. The largest absolute Gasteiger partial charge is 0.425 e. The van der Waals surface area contributed by atoms with Crippen LogP contribution in [0.15, 0.2) is 64.8 Å². The Morgan fingerprint density at radius 1 is 0.789 bits per heavy atom. The first-order valence-electron chi connectivity index (χ1n) is 5.38. The van der Waals surface area contributed by atoms with Crippen molar-refractivity contribution in [2.75, 3.05) is 0 Å². The number of rotatable bonds is 2. The minimum Gasteiger partial charge on any atom is -0.151 e. The summed E-state index contributed by atoms with van der Waals surface area (Å²) < 4.78 is 25.3. The summed E-state index contributed by atoms with van der Waals surface area (Å²) in [4.78, 5) is 0. The number of aryl methyl sites for hydroxylation is 1. The molecule has 0 aliphatic carbocycles. The van der Waals surface area contributed by atoms with Crippen molar-refractivity contribution in [2.45, 2.75) is 6.92 Å². The molecule has 0 saturated heterocycles. The van der Waals surface area contributed by atoms with Crippen molar-refractivity contribution in [3.05, 3.63) is 60.2 Å². The van der Waals surface area contributed by atoms with E-state index < -0.39 is 10.6 Å². The highest BCUT2D eigenvalue weighted by molar-refractivity contribution is 7.59. The van der Waals surface area contributed by atoms with E-state index in [0.717, 1.165) is 11.4 Å². The van der Waals surface area contributed by atoms with Gasteiger partial charge in [0.25, 0.3) is 0 Å². The number of hydrogen-bond acceptors (Lipinski definition) is 5. The summed E-state index contributed by atoms with van der Waals surface area (Å²) in [6.45, 7) is 2.04. The standard InChI is InChI=1S/C13H12N2.O3S/c1-11-6-5-9-13(10-11)15-14-12-7-3-2-4-8-12;1-4(2)3/h2-10H,1H3;. The fourth-order valence-corrected chi connectivity index (χ4v) is 1.30. The van der Waals surface area contributed by atoms with E-state index in [0.29, 0.717) is 0 Å². The Kier molecular flexibility index (Phi) is 6.11. The van der Waals surface area contributed by atoms with Gasteiger partial charge in [-0.2, -0.15) is 10.2 Å².